The summed E-state index contributed by atoms with van der Waals surface area (Å²) in [7, 11) is 1.63. The first kappa shape index (κ1) is 15.4. The summed E-state index contributed by atoms with van der Waals surface area (Å²) in [5, 5.41) is 5.03. The fourth-order valence-electron chi connectivity index (χ4n) is 2.67. The molecule has 118 valence electrons. The van der Waals surface area contributed by atoms with Gasteiger partial charge in [0.1, 0.15) is 5.75 Å². The van der Waals surface area contributed by atoms with Gasteiger partial charge in [-0.05, 0) is 36.7 Å². The highest BCUT2D eigenvalue weighted by Crippen LogP contribution is 2.07. The Kier molecular flexibility index (Phi) is 4.83. The molecule has 0 bridgehead atoms. The van der Waals surface area contributed by atoms with Crippen LogP contribution in [-0.4, -0.2) is 26.1 Å². The molecule has 0 fully saturated rings. The molecule has 0 spiro atoms. The Hall–Kier alpha value is -2.46. The smallest absolute Gasteiger partial charge is 0.254 e. The van der Waals surface area contributed by atoms with Crippen LogP contribution in [0.5, 0.6) is 5.75 Å². The number of ether oxygens (including phenoxy) is 1. The lowest BCUT2D eigenvalue weighted by Crippen LogP contribution is -2.37. The maximum atomic E-state index is 12.1. The van der Waals surface area contributed by atoms with Crippen molar-refractivity contribution >= 4 is 12.0 Å². The van der Waals surface area contributed by atoms with Crippen LogP contribution in [0, 0.1) is 5.92 Å². The van der Waals surface area contributed by atoms with E-state index in [9.17, 15) is 4.79 Å². The second kappa shape index (κ2) is 7.20. The molecular weight excluding hydrogens is 288 g/mol. The molecule has 1 N–H and O–H groups in total. The number of hydrogen-bond donors (Lipinski definition) is 1. The normalized spacial score (nSPS) is 16.2. The van der Waals surface area contributed by atoms with E-state index in [0.29, 0.717) is 6.54 Å². The minimum atomic E-state index is -0.217. The first-order chi connectivity index (χ1) is 11.3. The van der Waals surface area contributed by atoms with Crippen LogP contribution in [-0.2, 0) is 11.2 Å². The molecule has 2 aromatic rings. The summed E-state index contributed by atoms with van der Waals surface area (Å²) in [6, 6.07) is 15.9. The average molecular weight is 308 g/mol. The van der Waals surface area contributed by atoms with Crippen LogP contribution in [0.15, 0.2) is 53.5 Å². The van der Waals surface area contributed by atoms with Crippen molar-refractivity contribution in [2.45, 2.75) is 6.42 Å². The fourth-order valence-corrected chi connectivity index (χ4v) is 2.67. The Balaban J connectivity index is 1.62. The van der Waals surface area contributed by atoms with Crippen LogP contribution < -0.4 is 20.6 Å². The Morgan fingerprint density at radius 2 is 2.00 bits per heavy atom. The zero-order valence-electron chi connectivity index (χ0n) is 13.2. The first-order valence-corrected chi connectivity index (χ1v) is 7.79. The predicted octanol–water partition coefficient (Wildman–Crippen LogP) is 1.08. The van der Waals surface area contributed by atoms with Crippen molar-refractivity contribution in [2.24, 2.45) is 10.9 Å². The third-order valence-electron chi connectivity index (χ3n) is 3.96. The molecular formula is C19H20N2O2. The standard InChI is InChI=1S/C19H20N2O2/c1-23-17-7-8-18-15(12-17)11-16(19(22)21-18)13-20-10-9-14-5-3-2-4-6-14/h2-8,11-12,16,20H,9-10,13H2,1H3. The Bertz CT molecular complexity index is 800. The molecule has 4 nitrogen and oxygen atoms in total. The van der Waals surface area contributed by atoms with Gasteiger partial charge in [-0.3, -0.25) is 4.79 Å². The van der Waals surface area contributed by atoms with E-state index in [0.717, 1.165) is 29.3 Å². The van der Waals surface area contributed by atoms with Crippen LogP contribution >= 0.6 is 0 Å². The molecule has 1 aliphatic rings. The largest absolute Gasteiger partial charge is 0.497 e. The lowest BCUT2D eigenvalue weighted by molar-refractivity contribution is -0.120. The Morgan fingerprint density at radius 1 is 1.17 bits per heavy atom. The van der Waals surface area contributed by atoms with Crippen LogP contribution in [0.4, 0.5) is 0 Å². The van der Waals surface area contributed by atoms with Gasteiger partial charge >= 0.3 is 0 Å². The zero-order valence-corrected chi connectivity index (χ0v) is 13.2. The van der Waals surface area contributed by atoms with Crippen molar-refractivity contribution in [1.82, 2.24) is 5.32 Å². The number of hydrogen-bond acceptors (Lipinski definition) is 3. The van der Waals surface area contributed by atoms with E-state index in [1.165, 1.54) is 5.56 Å². The molecule has 0 saturated carbocycles. The highest BCUT2D eigenvalue weighted by atomic mass is 16.5. The van der Waals surface area contributed by atoms with E-state index in [4.69, 9.17) is 4.74 Å². The minimum Gasteiger partial charge on any atom is -0.497 e. The van der Waals surface area contributed by atoms with Crippen molar-refractivity contribution in [1.29, 1.82) is 0 Å². The minimum absolute atomic E-state index is 0.0881. The summed E-state index contributed by atoms with van der Waals surface area (Å²) in [5.74, 6) is 0.473. The molecule has 0 aromatic heterocycles. The van der Waals surface area contributed by atoms with E-state index in [-0.39, 0.29) is 11.8 Å². The number of benzene rings is 2. The van der Waals surface area contributed by atoms with E-state index in [1.54, 1.807) is 7.11 Å². The molecule has 2 aromatic carbocycles. The van der Waals surface area contributed by atoms with Gasteiger partial charge in [0, 0.05) is 11.8 Å². The first-order valence-electron chi connectivity index (χ1n) is 7.79. The predicted molar refractivity (Wildman–Crippen MR) is 89.8 cm³/mol. The summed E-state index contributed by atoms with van der Waals surface area (Å²) < 4.78 is 5.23. The molecule has 0 aliphatic carbocycles. The lowest BCUT2D eigenvalue weighted by atomic mass is 10.0. The number of nitrogens with one attached hydrogen (secondary N) is 1. The maximum absolute atomic E-state index is 12.1. The second-order valence-corrected chi connectivity index (χ2v) is 5.59. The highest BCUT2D eigenvalue weighted by molar-refractivity contribution is 5.86. The van der Waals surface area contributed by atoms with Gasteiger partial charge in [0.2, 0.25) is 0 Å². The summed E-state index contributed by atoms with van der Waals surface area (Å²) in [5.41, 5.74) is 1.29. The lowest BCUT2D eigenvalue weighted by Gasteiger charge is -2.13. The van der Waals surface area contributed by atoms with Gasteiger partial charge in [0.25, 0.3) is 5.91 Å². The molecule has 1 aliphatic heterocycles. The second-order valence-electron chi connectivity index (χ2n) is 5.59. The zero-order chi connectivity index (χ0) is 16.1. The summed E-state index contributed by atoms with van der Waals surface area (Å²) >= 11 is 0. The van der Waals surface area contributed by atoms with E-state index in [2.05, 4.69) is 22.4 Å². The number of carbonyl (C=O) groups is 1. The number of rotatable bonds is 6. The molecule has 23 heavy (non-hydrogen) atoms. The monoisotopic (exact) mass is 308 g/mol. The van der Waals surface area contributed by atoms with Gasteiger partial charge < -0.3 is 10.1 Å². The van der Waals surface area contributed by atoms with Gasteiger partial charge in [0.15, 0.2) is 0 Å². The maximum Gasteiger partial charge on any atom is 0.254 e. The molecule has 0 radical (unpaired) electrons. The van der Waals surface area contributed by atoms with E-state index < -0.39 is 0 Å². The third kappa shape index (κ3) is 3.85. The van der Waals surface area contributed by atoms with Gasteiger partial charge in [-0.15, -0.1) is 0 Å². The summed E-state index contributed by atoms with van der Waals surface area (Å²) in [6.07, 6.45) is 2.92. The molecule has 1 amide bonds. The number of carbonyl (C=O) groups excluding carboxylic acids is 1. The van der Waals surface area contributed by atoms with Crippen LogP contribution in [0.25, 0.3) is 6.08 Å². The molecule has 1 unspecified atom stereocenters. The Morgan fingerprint density at radius 3 is 2.78 bits per heavy atom. The van der Waals surface area contributed by atoms with Gasteiger partial charge in [-0.2, -0.15) is 0 Å². The Labute approximate surface area is 135 Å². The average Bonchev–Trinajstić information content (AvgIpc) is 2.59. The van der Waals surface area contributed by atoms with Crippen molar-refractivity contribution in [3.8, 4) is 5.75 Å². The number of fused-ring (bicyclic) bond motifs is 1. The number of methoxy groups -OCH3 is 1. The van der Waals surface area contributed by atoms with E-state index in [1.807, 2.05) is 42.5 Å². The van der Waals surface area contributed by atoms with E-state index >= 15 is 0 Å². The van der Waals surface area contributed by atoms with Gasteiger partial charge in [0.05, 0.1) is 18.4 Å². The summed E-state index contributed by atoms with van der Waals surface area (Å²) in [6.45, 7) is 1.44. The topological polar surface area (TPSA) is 50.7 Å². The van der Waals surface area contributed by atoms with Crippen molar-refractivity contribution in [3.05, 3.63) is 64.7 Å². The third-order valence-corrected chi connectivity index (χ3v) is 3.96. The molecule has 3 rings (SSSR count). The number of nitrogens with zero attached hydrogens (tertiary/aromatic N) is 1. The molecule has 4 heteroatoms. The molecule has 1 heterocycles. The molecule has 0 saturated heterocycles. The van der Waals surface area contributed by atoms with Crippen molar-refractivity contribution < 1.29 is 9.53 Å². The summed E-state index contributed by atoms with van der Waals surface area (Å²) in [4.78, 5) is 16.3. The fraction of sp³-hybridized carbons (Fsp3) is 0.263. The quantitative estimate of drug-likeness (QED) is 0.813. The number of amides is 1. The van der Waals surface area contributed by atoms with Gasteiger partial charge in [-0.25, -0.2) is 4.99 Å². The van der Waals surface area contributed by atoms with Crippen LogP contribution in [0.3, 0.4) is 0 Å². The van der Waals surface area contributed by atoms with Crippen molar-refractivity contribution in [3.63, 3.8) is 0 Å². The van der Waals surface area contributed by atoms with Crippen molar-refractivity contribution in [2.75, 3.05) is 20.2 Å². The van der Waals surface area contributed by atoms with Gasteiger partial charge in [-0.1, -0.05) is 36.4 Å². The van der Waals surface area contributed by atoms with Crippen LogP contribution in [0.2, 0.25) is 0 Å². The molecule has 1 atom stereocenters. The highest BCUT2D eigenvalue weighted by Gasteiger charge is 2.17. The van der Waals surface area contributed by atoms with Crippen LogP contribution in [0.1, 0.15) is 5.56 Å². The SMILES string of the molecule is COc1ccc2c(c1)=CC(CNCCc1ccccc1)C(=O)N=2.